The normalized spacial score (nSPS) is 19.7. The first-order valence-corrected chi connectivity index (χ1v) is 7.65. The molecule has 1 aromatic heterocycles. The lowest BCUT2D eigenvalue weighted by atomic mass is 9.87. The number of nitrogens with zero attached hydrogens (tertiary/aromatic N) is 2. The van der Waals surface area contributed by atoms with E-state index in [-0.39, 0.29) is 5.91 Å². The maximum absolute atomic E-state index is 12.7. The summed E-state index contributed by atoms with van der Waals surface area (Å²) >= 11 is 0. The second-order valence-electron chi connectivity index (χ2n) is 5.63. The molecule has 0 radical (unpaired) electrons. The zero-order valence-corrected chi connectivity index (χ0v) is 12.9. The number of carboxylic acids is 1. The number of amides is 1. The van der Waals surface area contributed by atoms with Gasteiger partial charge in [0.1, 0.15) is 0 Å². The number of carbonyl (C=O) groups is 2. The van der Waals surface area contributed by atoms with Gasteiger partial charge >= 0.3 is 5.97 Å². The van der Waals surface area contributed by atoms with Gasteiger partial charge < -0.3 is 10.0 Å². The summed E-state index contributed by atoms with van der Waals surface area (Å²) in [7, 11) is 0. The van der Waals surface area contributed by atoms with Crippen LogP contribution in [0.3, 0.4) is 0 Å². The summed E-state index contributed by atoms with van der Waals surface area (Å²) in [5.41, 5.74) is 0.834. The molecule has 1 atom stereocenters. The number of carbonyl (C=O) groups excluding carboxylic acids is 1. The fourth-order valence-corrected chi connectivity index (χ4v) is 3.34. The van der Waals surface area contributed by atoms with Crippen LogP contribution in [0.4, 0.5) is 0 Å². The Balaban J connectivity index is 1.98. The number of hydrogen-bond donors (Lipinski definition) is 1. The number of carboxylic acid groups (broad SMARTS) is 1. The van der Waals surface area contributed by atoms with Crippen molar-refractivity contribution in [2.75, 3.05) is 6.54 Å². The second-order valence-corrected chi connectivity index (χ2v) is 5.63. The van der Waals surface area contributed by atoms with E-state index in [2.05, 4.69) is 4.98 Å². The Morgan fingerprint density at radius 3 is 2.57 bits per heavy atom. The lowest BCUT2D eigenvalue weighted by Gasteiger charge is -2.34. The van der Waals surface area contributed by atoms with Crippen molar-refractivity contribution in [3.05, 3.63) is 65.5 Å². The number of benzene rings is 1. The number of pyridine rings is 1. The van der Waals surface area contributed by atoms with E-state index in [1.54, 1.807) is 36.7 Å². The van der Waals surface area contributed by atoms with Crippen molar-refractivity contribution >= 4 is 11.9 Å². The molecule has 2 aromatic rings. The number of aliphatic carboxylic acids is 1. The van der Waals surface area contributed by atoms with Crippen LogP contribution in [0.5, 0.6) is 0 Å². The molecule has 1 N–H and O–H groups in total. The molecular weight excluding hydrogens is 292 g/mol. The van der Waals surface area contributed by atoms with Crippen molar-refractivity contribution < 1.29 is 14.7 Å². The highest BCUT2D eigenvalue weighted by Gasteiger charge is 2.53. The van der Waals surface area contributed by atoms with E-state index < -0.39 is 11.5 Å². The minimum Gasteiger partial charge on any atom is -0.479 e. The molecule has 23 heavy (non-hydrogen) atoms. The van der Waals surface area contributed by atoms with Crippen LogP contribution in [0.15, 0.2) is 48.8 Å². The molecule has 0 bridgehead atoms. The molecule has 1 aromatic carbocycles. The van der Waals surface area contributed by atoms with E-state index >= 15 is 0 Å². The average molecular weight is 310 g/mol. The van der Waals surface area contributed by atoms with Gasteiger partial charge in [-0.2, -0.15) is 0 Å². The van der Waals surface area contributed by atoms with Crippen molar-refractivity contribution in [3.8, 4) is 0 Å². The average Bonchev–Trinajstić information content (AvgIpc) is 2.83. The summed E-state index contributed by atoms with van der Waals surface area (Å²) in [5.74, 6) is -1.19. The minimum absolute atomic E-state index is 0.209. The quantitative estimate of drug-likeness (QED) is 0.921. The van der Waals surface area contributed by atoms with Crippen LogP contribution in [0.2, 0.25) is 0 Å². The largest absolute Gasteiger partial charge is 0.479 e. The van der Waals surface area contributed by atoms with Crippen molar-refractivity contribution in [1.29, 1.82) is 0 Å². The van der Waals surface area contributed by atoms with E-state index in [9.17, 15) is 14.7 Å². The minimum atomic E-state index is -1.28. The Labute approximate surface area is 134 Å². The first-order chi connectivity index (χ1) is 11.1. The van der Waals surface area contributed by atoms with Crippen molar-refractivity contribution in [2.45, 2.75) is 25.3 Å². The van der Waals surface area contributed by atoms with Gasteiger partial charge in [-0.15, -0.1) is 0 Å². The summed E-state index contributed by atoms with van der Waals surface area (Å²) in [6.45, 7) is 2.17. The van der Waals surface area contributed by atoms with E-state index in [1.807, 2.05) is 19.1 Å². The molecule has 0 saturated heterocycles. The fraction of sp³-hybridized carbons (Fsp3) is 0.278. The number of hydrogen-bond acceptors (Lipinski definition) is 3. The highest BCUT2D eigenvalue weighted by Crippen LogP contribution is 2.41. The highest BCUT2D eigenvalue weighted by atomic mass is 16.4. The first kappa shape index (κ1) is 15.2. The van der Waals surface area contributed by atoms with Gasteiger partial charge in [-0.05, 0) is 36.6 Å². The zero-order chi connectivity index (χ0) is 16.4. The molecule has 1 aliphatic heterocycles. The van der Waals surface area contributed by atoms with Crippen LogP contribution in [0.25, 0.3) is 0 Å². The number of rotatable bonds is 5. The Morgan fingerprint density at radius 1 is 1.22 bits per heavy atom. The SMILES string of the molecule is CCC1(C(=O)O)c2ccccc2C(=O)N1CCc1ccncc1. The Hall–Kier alpha value is -2.69. The second kappa shape index (κ2) is 5.83. The predicted molar refractivity (Wildman–Crippen MR) is 85.0 cm³/mol. The molecule has 0 saturated carbocycles. The van der Waals surface area contributed by atoms with Crippen LogP contribution in [-0.4, -0.2) is 33.4 Å². The first-order valence-electron chi connectivity index (χ1n) is 7.65. The zero-order valence-electron chi connectivity index (χ0n) is 12.9. The smallest absolute Gasteiger partial charge is 0.334 e. The Bertz CT molecular complexity index is 745. The van der Waals surface area contributed by atoms with E-state index in [4.69, 9.17) is 0 Å². The molecule has 5 heteroatoms. The van der Waals surface area contributed by atoms with E-state index in [0.717, 1.165) is 5.56 Å². The van der Waals surface area contributed by atoms with E-state index in [1.165, 1.54) is 4.90 Å². The Morgan fingerprint density at radius 2 is 1.91 bits per heavy atom. The molecule has 0 spiro atoms. The van der Waals surface area contributed by atoms with Crippen molar-refractivity contribution in [3.63, 3.8) is 0 Å². The molecule has 1 amide bonds. The van der Waals surface area contributed by atoms with Gasteiger partial charge in [-0.3, -0.25) is 9.78 Å². The summed E-state index contributed by atoms with van der Waals surface area (Å²) in [6.07, 6.45) is 4.32. The van der Waals surface area contributed by atoms with Gasteiger partial charge in [0.2, 0.25) is 0 Å². The molecule has 0 aliphatic carbocycles. The van der Waals surface area contributed by atoms with Gasteiger partial charge in [-0.25, -0.2) is 4.79 Å². The molecule has 0 fully saturated rings. The molecule has 1 aliphatic rings. The van der Waals surface area contributed by atoms with Gasteiger partial charge in [0.05, 0.1) is 0 Å². The maximum Gasteiger partial charge on any atom is 0.334 e. The topological polar surface area (TPSA) is 70.5 Å². The molecule has 3 rings (SSSR count). The van der Waals surface area contributed by atoms with Crippen molar-refractivity contribution in [2.24, 2.45) is 0 Å². The van der Waals surface area contributed by atoms with Crippen molar-refractivity contribution in [1.82, 2.24) is 9.88 Å². The summed E-state index contributed by atoms with van der Waals surface area (Å²) in [4.78, 5) is 30.3. The number of aromatic nitrogens is 1. The third-order valence-electron chi connectivity index (χ3n) is 4.55. The summed E-state index contributed by atoms with van der Waals surface area (Å²) < 4.78 is 0. The van der Waals surface area contributed by atoms with Gasteiger partial charge in [0.25, 0.3) is 5.91 Å². The molecule has 5 nitrogen and oxygen atoms in total. The monoisotopic (exact) mass is 310 g/mol. The van der Waals surface area contributed by atoms with Gasteiger partial charge in [0.15, 0.2) is 5.54 Å². The highest BCUT2D eigenvalue weighted by molar-refractivity contribution is 6.05. The molecule has 1 unspecified atom stereocenters. The predicted octanol–water partition coefficient (Wildman–Crippen LogP) is 2.47. The maximum atomic E-state index is 12.7. The number of fused-ring (bicyclic) bond motifs is 1. The van der Waals surface area contributed by atoms with E-state index in [0.29, 0.717) is 30.5 Å². The molecule has 118 valence electrons. The Kier molecular flexibility index (Phi) is 3.86. The summed E-state index contributed by atoms with van der Waals surface area (Å²) in [6, 6.07) is 10.8. The van der Waals surface area contributed by atoms with Crippen LogP contribution >= 0.6 is 0 Å². The van der Waals surface area contributed by atoms with Gasteiger partial charge in [0, 0.05) is 30.1 Å². The lowest BCUT2D eigenvalue weighted by Crippen LogP contribution is -2.50. The third kappa shape index (κ3) is 2.29. The van der Waals surface area contributed by atoms with Gasteiger partial charge in [-0.1, -0.05) is 25.1 Å². The van der Waals surface area contributed by atoms with Crippen LogP contribution in [0.1, 0.15) is 34.8 Å². The van der Waals surface area contributed by atoms with Crippen LogP contribution in [0, 0.1) is 0 Å². The van der Waals surface area contributed by atoms with Crippen LogP contribution < -0.4 is 0 Å². The third-order valence-corrected chi connectivity index (χ3v) is 4.55. The fourth-order valence-electron chi connectivity index (χ4n) is 3.34. The summed E-state index contributed by atoms with van der Waals surface area (Å²) in [5, 5.41) is 9.89. The van der Waals surface area contributed by atoms with Crippen LogP contribution in [-0.2, 0) is 16.8 Å². The lowest BCUT2D eigenvalue weighted by molar-refractivity contribution is -0.150. The molecular formula is C18H18N2O3. The molecule has 2 heterocycles. The standard InChI is InChI=1S/C18H18N2O3/c1-2-18(17(22)23)15-6-4-3-5-14(15)16(21)20(18)12-9-13-7-10-19-11-8-13/h3-8,10-11H,2,9,12H2,1H3,(H,22,23).